The van der Waals surface area contributed by atoms with Crippen molar-refractivity contribution in [1.29, 1.82) is 5.26 Å². The van der Waals surface area contributed by atoms with E-state index in [-0.39, 0.29) is 17.5 Å². The fraction of sp³-hybridized carbons (Fsp3) is 0.548. The Labute approximate surface area is 215 Å². The lowest BCUT2D eigenvalue weighted by molar-refractivity contribution is 0.0107. The van der Waals surface area contributed by atoms with Crippen molar-refractivity contribution in [3.63, 3.8) is 0 Å². The van der Waals surface area contributed by atoms with E-state index in [1.165, 1.54) is 38.5 Å². The number of amides is 1. The average Bonchev–Trinajstić information content (AvgIpc) is 2.86. The molecule has 4 fully saturated rings. The molecular formula is C31H39N3O2. The number of ether oxygens (including phenoxy) is 1. The average molecular weight is 486 g/mol. The minimum atomic E-state index is -0.114. The van der Waals surface area contributed by atoms with Crippen molar-refractivity contribution < 1.29 is 9.53 Å². The molecule has 0 unspecified atom stereocenters. The van der Waals surface area contributed by atoms with E-state index >= 15 is 0 Å². The Hall–Kier alpha value is -3.00. The SMILES string of the molecule is CCCC[C@@H](Cc1cccc(OC)c1)NC(=O)c1ccc(NC23CC4CC(CC(C4)C2)C3)c(C#N)c1. The second-order valence-corrected chi connectivity index (χ2v) is 11.6. The molecule has 0 radical (unpaired) electrons. The number of carbonyl (C=O) groups is 1. The maximum absolute atomic E-state index is 13.3. The number of carbonyl (C=O) groups excluding carboxylic acids is 1. The van der Waals surface area contributed by atoms with Crippen LogP contribution >= 0.6 is 0 Å². The third-order valence-electron chi connectivity index (χ3n) is 8.70. The zero-order valence-electron chi connectivity index (χ0n) is 21.7. The largest absolute Gasteiger partial charge is 0.497 e. The highest BCUT2D eigenvalue weighted by Gasteiger charge is 2.51. The topological polar surface area (TPSA) is 74.2 Å². The molecule has 36 heavy (non-hydrogen) atoms. The highest BCUT2D eigenvalue weighted by molar-refractivity contribution is 5.95. The fourth-order valence-corrected chi connectivity index (χ4v) is 7.46. The molecule has 2 aromatic carbocycles. The predicted molar refractivity (Wildman–Crippen MR) is 143 cm³/mol. The summed E-state index contributed by atoms with van der Waals surface area (Å²) in [6, 6.07) is 16.0. The minimum absolute atomic E-state index is 0.0277. The normalized spacial score (nSPS) is 26.8. The molecule has 0 saturated heterocycles. The van der Waals surface area contributed by atoms with Crippen LogP contribution in [-0.4, -0.2) is 24.6 Å². The fourth-order valence-electron chi connectivity index (χ4n) is 7.46. The zero-order chi connectivity index (χ0) is 25.1. The number of hydrogen-bond acceptors (Lipinski definition) is 4. The second kappa shape index (κ2) is 10.5. The van der Waals surface area contributed by atoms with Crippen LogP contribution in [0.2, 0.25) is 0 Å². The molecule has 1 amide bonds. The highest BCUT2D eigenvalue weighted by Crippen LogP contribution is 2.56. The van der Waals surface area contributed by atoms with E-state index in [2.05, 4.69) is 29.7 Å². The van der Waals surface area contributed by atoms with Crippen LogP contribution in [0.1, 0.15) is 86.2 Å². The monoisotopic (exact) mass is 485 g/mol. The quantitative estimate of drug-likeness (QED) is 0.404. The molecular weight excluding hydrogens is 446 g/mol. The van der Waals surface area contributed by atoms with Crippen LogP contribution < -0.4 is 15.4 Å². The predicted octanol–water partition coefficient (Wildman–Crippen LogP) is 6.48. The van der Waals surface area contributed by atoms with Gasteiger partial charge in [0.1, 0.15) is 11.8 Å². The summed E-state index contributed by atoms with van der Waals surface area (Å²) in [6.07, 6.45) is 11.6. The molecule has 2 N–H and O–H groups in total. The molecule has 4 aliphatic carbocycles. The van der Waals surface area contributed by atoms with E-state index in [1.54, 1.807) is 13.2 Å². The first-order chi connectivity index (χ1) is 17.5. The number of nitrogens with zero attached hydrogens (tertiary/aromatic N) is 1. The summed E-state index contributed by atoms with van der Waals surface area (Å²) >= 11 is 0. The summed E-state index contributed by atoms with van der Waals surface area (Å²) in [5, 5.41) is 17.0. The summed E-state index contributed by atoms with van der Waals surface area (Å²) in [5.74, 6) is 3.22. The van der Waals surface area contributed by atoms with Crippen LogP contribution in [-0.2, 0) is 6.42 Å². The van der Waals surface area contributed by atoms with Gasteiger partial charge in [0.05, 0.1) is 18.4 Å². The number of unbranched alkanes of at least 4 members (excludes halogenated alkanes) is 1. The Morgan fingerprint density at radius 1 is 1.11 bits per heavy atom. The van der Waals surface area contributed by atoms with Gasteiger partial charge >= 0.3 is 0 Å². The first-order valence-electron chi connectivity index (χ1n) is 13.8. The smallest absolute Gasteiger partial charge is 0.251 e. The standard InChI is InChI=1S/C31H39N3O2/c1-3-4-7-27(14-21-6-5-8-28(15-21)36-2)33-30(35)25-9-10-29(26(16-25)20-32)34-31-17-22-11-23(18-31)13-24(12-22)19-31/h5-6,8-10,15-16,22-24,27,34H,3-4,7,11-14,17-19H2,1-2H3,(H,33,35)/t22?,23?,24?,27-,31?/m0/s1. The number of anilines is 1. The lowest BCUT2D eigenvalue weighted by atomic mass is 9.53. The Balaban J connectivity index is 1.29. The zero-order valence-corrected chi connectivity index (χ0v) is 21.7. The van der Waals surface area contributed by atoms with Gasteiger partial charge in [-0.15, -0.1) is 0 Å². The van der Waals surface area contributed by atoms with Crippen LogP contribution in [0.4, 0.5) is 5.69 Å². The van der Waals surface area contributed by atoms with Gasteiger partial charge in [0.15, 0.2) is 0 Å². The Bertz CT molecular complexity index is 1100. The van der Waals surface area contributed by atoms with Gasteiger partial charge in [0, 0.05) is 17.1 Å². The van der Waals surface area contributed by atoms with E-state index in [0.29, 0.717) is 11.1 Å². The molecule has 5 heteroatoms. The van der Waals surface area contributed by atoms with Crippen molar-refractivity contribution in [3.05, 3.63) is 59.2 Å². The summed E-state index contributed by atoms with van der Waals surface area (Å²) in [4.78, 5) is 13.3. The van der Waals surface area contributed by atoms with Gasteiger partial charge in [0.2, 0.25) is 0 Å². The van der Waals surface area contributed by atoms with Crippen molar-refractivity contribution in [2.24, 2.45) is 17.8 Å². The van der Waals surface area contributed by atoms with E-state index in [0.717, 1.165) is 60.4 Å². The minimum Gasteiger partial charge on any atom is -0.497 e. The maximum Gasteiger partial charge on any atom is 0.251 e. The van der Waals surface area contributed by atoms with Gasteiger partial charge < -0.3 is 15.4 Å². The highest BCUT2D eigenvalue weighted by atomic mass is 16.5. The van der Waals surface area contributed by atoms with Crippen molar-refractivity contribution >= 4 is 11.6 Å². The van der Waals surface area contributed by atoms with Crippen LogP contribution in [0, 0.1) is 29.1 Å². The van der Waals surface area contributed by atoms with Crippen LogP contribution in [0.5, 0.6) is 5.75 Å². The molecule has 4 saturated carbocycles. The molecule has 5 nitrogen and oxygen atoms in total. The Morgan fingerprint density at radius 2 is 1.83 bits per heavy atom. The van der Waals surface area contributed by atoms with Crippen LogP contribution in [0.15, 0.2) is 42.5 Å². The second-order valence-electron chi connectivity index (χ2n) is 11.6. The van der Waals surface area contributed by atoms with Gasteiger partial charge in [-0.3, -0.25) is 4.79 Å². The van der Waals surface area contributed by atoms with Crippen LogP contribution in [0.3, 0.4) is 0 Å². The number of rotatable bonds is 10. The van der Waals surface area contributed by atoms with Crippen LogP contribution in [0.25, 0.3) is 0 Å². The number of benzene rings is 2. The Kier molecular flexibility index (Phi) is 7.23. The molecule has 0 aliphatic heterocycles. The summed E-state index contributed by atoms with van der Waals surface area (Å²) in [5.41, 5.74) is 3.27. The molecule has 190 valence electrons. The molecule has 4 aliphatic rings. The molecule has 0 aromatic heterocycles. The maximum atomic E-state index is 13.3. The molecule has 0 spiro atoms. The third-order valence-corrected chi connectivity index (χ3v) is 8.70. The number of nitrogens with one attached hydrogen (secondary N) is 2. The summed E-state index contributed by atoms with van der Waals surface area (Å²) < 4.78 is 5.37. The van der Waals surface area contributed by atoms with Crippen molar-refractivity contribution in [1.82, 2.24) is 5.32 Å². The van der Waals surface area contributed by atoms with Gasteiger partial charge in [0.25, 0.3) is 5.91 Å². The molecule has 4 bridgehead atoms. The lowest BCUT2D eigenvalue weighted by Gasteiger charge is -2.57. The number of hydrogen-bond donors (Lipinski definition) is 2. The lowest BCUT2D eigenvalue weighted by Crippen LogP contribution is -2.54. The van der Waals surface area contributed by atoms with E-state index in [1.807, 2.05) is 30.3 Å². The molecule has 0 heterocycles. The third kappa shape index (κ3) is 5.38. The summed E-state index contributed by atoms with van der Waals surface area (Å²) in [6.45, 7) is 2.17. The number of nitriles is 1. The number of methoxy groups -OCH3 is 1. The van der Waals surface area contributed by atoms with Gasteiger partial charge in [-0.05, 0) is 105 Å². The van der Waals surface area contributed by atoms with Crippen molar-refractivity contribution in [2.75, 3.05) is 12.4 Å². The van der Waals surface area contributed by atoms with Crippen molar-refractivity contribution in [2.45, 2.75) is 82.7 Å². The van der Waals surface area contributed by atoms with Gasteiger partial charge in [-0.25, -0.2) is 0 Å². The molecule has 2 aromatic rings. The first-order valence-corrected chi connectivity index (χ1v) is 13.8. The van der Waals surface area contributed by atoms with E-state index in [9.17, 15) is 10.1 Å². The van der Waals surface area contributed by atoms with Gasteiger partial charge in [-0.2, -0.15) is 5.26 Å². The summed E-state index contributed by atoms with van der Waals surface area (Å²) in [7, 11) is 1.67. The van der Waals surface area contributed by atoms with Crippen molar-refractivity contribution in [3.8, 4) is 11.8 Å². The molecule has 1 atom stereocenters. The molecule has 6 rings (SSSR count). The first kappa shape index (κ1) is 24.7. The Morgan fingerprint density at radius 3 is 2.47 bits per heavy atom. The van der Waals surface area contributed by atoms with E-state index < -0.39 is 0 Å². The van der Waals surface area contributed by atoms with Gasteiger partial charge in [-0.1, -0.05) is 31.9 Å². The van der Waals surface area contributed by atoms with E-state index in [4.69, 9.17) is 4.74 Å².